The van der Waals surface area contributed by atoms with Crippen molar-refractivity contribution in [2.45, 2.75) is 24.3 Å². The molecule has 1 fully saturated rings. The molecule has 9 nitrogen and oxygen atoms in total. The lowest BCUT2D eigenvalue weighted by molar-refractivity contribution is -0.129. The fraction of sp³-hybridized carbons (Fsp3) is 0.333. The van der Waals surface area contributed by atoms with Crippen molar-refractivity contribution in [2.24, 2.45) is 0 Å². The second-order valence-corrected chi connectivity index (χ2v) is 9.96. The average Bonchev–Trinajstić information content (AvgIpc) is 2.84. The number of morpholine rings is 1. The van der Waals surface area contributed by atoms with Crippen molar-refractivity contribution in [3.8, 4) is 5.75 Å². The van der Waals surface area contributed by atoms with E-state index in [9.17, 15) is 18.0 Å². The summed E-state index contributed by atoms with van der Waals surface area (Å²) >= 11 is 0. The number of nitrogens with one attached hydrogen (secondary N) is 1. The van der Waals surface area contributed by atoms with Crippen LogP contribution in [-0.2, 0) is 24.3 Å². The van der Waals surface area contributed by atoms with Crippen molar-refractivity contribution >= 4 is 33.6 Å². The topological polar surface area (TPSA) is 105 Å². The number of fused-ring (bicyclic) bond motifs is 1. The largest absolute Gasteiger partial charge is 0.495 e. The van der Waals surface area contributed by atoms with E-state index in [2.05, 4.69) is 5.32 Å². The van der Waals surface area contributed by atoms with Crippen molar-refractivity contribution in [2.75, 3.05) is 38.7 Å². The summed E-state index contributed by atoms with van der Waals surface area (Å²) in [7, 11) is -2.30. The molecule has 34 heavy (non-hydrogen) atoms. The Bertz CT molecular complexity index is 1220. The molecule has 0 bridgehead atoms. The number of methoxy groups -OCH3 is 1. The minimum atomic E-state index is -3.75. The van der Waals surface area contributed by atoms with Crippen LogP contribution in [0.2, 0.25) is 0 Å². The number of anilines is 1. The number of rotatable bonds is 6. The van der Waals surface area contributed by atoms with Crippen molar-refractivity contribution < 1.29 is 27.5 Å². The molecular formula is C24H27N3O6S. The molecule has 0 spiro atoms. The monoisotopic (exact) mass is 485 g/mol. The lowest BCUT2D eigenvalue weighted by Crippen LogP contribution is -2.40. The van der Waals surface area contributed by atoms with Gasteiger partial charge in [-0.1, -0.05) is 24.3 Å². The Kier molecular flexibility index (Phi) is 7.01. The van der Waals surface area contributed by atoms with Gasteiger partial charge < -0.3 is 19.7 Å². The second-order valence-electron chi connectivity index (χ2n) is 8.02. The Labute approximate surface area is 199 Å². The van der Waals surface area contributed by atoms with E-state index in [0.29, 0.717) is 19.0 Å². The first-order valence-electron chi connectivity index (χ1n) is 10.9. The van der Waals surface area contributed by atoms with Crippen LogP contribution in [0, 0.1) is 0 Å². The number of hydrogen-bond acceptors (Lipinski definition) is 6. The van der Waals surface area contributed by atoms with Crippen molar-refractivity contribution in [1.29, 1.82) is 0 Å². The third kappa shape index (κ3) is 4.84. The highest BCUT2D eigenvalue weighted by atomic mass is 32.2. The third-order valence-electron chi connectivity index (χ3n) is 5.90. The smallest absolute Gasteiger partial charge is 0.243 e. The van der Waals surface area contributed by atoms with Crippen LogP contribution in [0.5, 0.6) is 5.75 Å². The van der Waals surface area contributed by atoms with Crippen LogP contribution in [-0.4, -0.2) is 62.9 Å². The molecular weight excluding hydrogens is 458 g/mol. The first kappa shape index (κ1) is 23.9. The van der Waals surface area contributed by atoms with Crippen LogP contribution >= 0.6 is 0 Å². The maximum absolute atomic E-state index is 13.1. The first-order chi connectivity index (χ1) is 16.3. The lowest BCUT2D eigenvalue weighted by Gasteiger charge is -2.32. The molecule has 1 saturated heterocycles. The van der Waals surface area contributed by atoms with Crippen molar-refractivity contribution in [3.05, 3.63) is 59.8 Å². The molecule has 2 aliphatic rings. The van der Waals surface area contributed by atoms with Crippen LogP contribution in [0.25, 0.3) is 6.08 Å². The molecule has 180 valence electrons. The Balaban J connectivity index is 1.58. The number of sulfonamides is 1. The van der Waals surface area contributed by atoms with Crippen LogP contribution < -0.4 is 10.1 Å². The van der Waals surface area contributed by atoms with Gasteiger partial charge in [0.05, 0.1) is 43.4 Å². The van der Waals surface area contributed by atoms with Crippen LogP contribution in [0.15, 0.2) is 53.6 Å². The zero-order chi connectivity index (χ0) is 24.3. The predicted octanol–water partition coefficient (Wildman–Crippen LogP) is 2.62. The third-order valence-corrected chi connectivity index (χ3v) is 7.80. The summed E-state index contributed by atoms with van der Waals surface area (Å²) in [6, 6.07) is 11.5. The van der Waals surface area contributed by atoms with Crippen LogP contribution in [0.1, 0.15) is 30.5 Å². The van der Waals surface area contributed by atoms with Crippen LogP contribution in [0.3, 0.4) is 0 Å². The van der Waals surface area contributed by atoms with E-state index in [1.807, 2.05) is 30.3 Å². The Morgan fingerprint density at radius 2 is 1.88 bits per heavy atom. The van der Waals surface area contributed by atoms with Gasteiger partial charge in [0.1, 0.15) is 5.75 Å². The number of ether oxygens (including phenoxy) is 2. The van der Waals surface area contributed by atoms with Gasteiger partial charge in [-0.2, -0.15) is 4.31 Å². The standard InChI is InChI=1S/C24H27N3O6S/c1-17(28)27-10-9-18-5-3-4-6-20(18)22(27)16-24(29)25-21-15-19(7-8-23(21)32-2)34(30,31)26-11-13-33-14-12-26/h3-10,15,22H,11-14,16H2,1-2H3,(H,25,29). The zero-order valence-electron chi connectivity index (χ0n) is 19.1. The van der Waals surface area contributed by atoms with Crippen molar-refractivity contribution in [1.82, 2.24) is 9.21 Å². The van der Waals surface area contributed by atoms with Gasteiger partial charge in [-0.15, -0.1) is 0 Å². The van der Waals surface area contributed by atoms with Gasteiger partial charge in [-0.3, -0.25) is 9.59 Å². The average molecular weight is 486 g/mol. The quantitative estimate of drug-likeness (QED) is 0.674. The Morgan fingerprint density at radius 3 is 2.59 bits per heavy atom. The van der Waals surface area contributed by atoms with Gasteiger partial charge in [-0.25, -0.2) is 8.42 Å². The molecule has 1 N–H and O–H groups in total. The van der Waals surface area contributed by atoms with E-state index in [1.165, 1.54) is 41.4 Å². The van der Waals surface area contributed by atoms with E-state index < -0.39 is 16.1 Å². The normalized spacial score (nSPS) is 18.3. The summed E-state index contributed by atoms with van der Waals surface area (Å²) in [5.41, 5.74) is 2.05. The molecule has 2 aromatic carbocycles. The summed E-state index contributed by atoms with van der Waals surface area (Å²) in [5, 5.41) is 2.78. The van der Waals surface area contributed by atoms with E-state index in [1.54, 1.807) is 6.20 Å². The van der Waals surface area contributed by atoms with Crippen molar-refractivity contribution in [3.63, 3.8) is 0 Å². The first-order valence-corrected chi connectivity index (χ1v) is 12.4. The highest BCUT2D eigenvalue weighted by Crippen LogP contribution is 2.34. The maximum atomic E-state index is 13.1. The van der Waals surface area contributed by atoms with Gasteiger partial charge in [0, 0.05) is 26.2 Å². The summed E-state index contributed by atoms with van der Waals surface area (Å²) in [5.74, 6) is -0.220. The van der Waals surface area contributed by atoms with E-state index in [4.69, 9.17) is 9.47 Å². The number of carbonyl (C=O) groups excluding carboxylic acids is 2. The minimum Gasteiger partial charge on any atom is -0.495 e. The fourth-order valence-corrected chi connectivity index (χ4v) is 5.61. The zero-order valence-corrected chi connectivity index (χ0v) is 19.9. The van der Waals surface area contributed by atoms with E-state index in [0.717, 1.165) is 11.1 Å². The van der Waals surface area contributed by atoms with E-state index >= 15 is 0 Å². The number of nitrogens with zero attached hydrogens (tertiary/aromatic N) is 2. The molecule has 1 unspecified atom stereocenters. The van der Waals surface area contributed by atoms with E-state index in [-0.39, 0.29) is 41.9 Å². The molecule has 4 rings (SSSR count). The van der Waals surface area contributed by atoms with Gasteiger partial charge in [0.25, 0.3) is 0 Å². The Morgan fingerprint density at radius 1 is 1.15 bits per heavy atom. The maximum Gasteiger partial charge on any atom is 0.243 e. The highest BCUT2D eigenvalue weighted by Gasteiger charge is 2.30. The molecule has 0 aromatic heterocycles. The molecule has 1 atom stereocenters. The molecule has 2 aliphatic heterocycles. The molecule has 0 radical (unpaired) electrons. The molecule has 10 heteroatoms. The fourth-order valence-electron chi connectivity index (χ4n) is 4.17. The molecule has 0 aliphatic carbocycles. The molecule has 2 heterocycles. The molecule has 2 amide bonds. The second kappa shape index (κ2) is 9.96. The summed E-state index contributed by atoms with van der Waals surface area (Å²) in [6.45, 7) is 2.66. The highest BCUT2D eigenvalue weighted by molar-refractivity contribution is 7.89. The Hall–Kier alpha value is -3.21. The lowest BCUT2D eigenvalue weighted by atomic mass is 9.93. The predicted molar refractivity (Wildman–Crippen MR) is 127 cm³/mol. The summed E-state index contributed by atoms with van der Waals surface area (Å²) < 4.78 is 38.1. The number of carbonyl (C=O) groups is 2. The van der Waals surface area contributed by atoms with Gasteiger partial charge in [0.2, 0.25) is 21.8 Å². The van der Waals surface area contributed by atoms with Gasteiger partial charge in [0.15, 0.2) is 0 Å². The summed E-state index contributed by atoms with van der Waals surface area (Å²) in [6.07, 6.45) is 3.51. The van der Waals surface area contributed by atoms with Gasteiger partial charge in [-0.05, 0) is 35.4 Å². The van der Waals surface area contributed by atoms with Crippen LogP contribution in [0.4, 0.5) is 5.69 Å². The van der Waals surface area contributed by atoms with Gasteiger partial charge >= 0.3 is 0 Å². The number of benzene rings is 2. The SMILES string of the molecule is COc1ccc(S(=O)(=O)N2CCOCC2)cc1NC(=O)CC1c2ccccc2C=CN1C(C)=O. The molecule has 0 saturated carbocycles. The number of amides is 2. The number of hydrogen-bond donors (Lipinski definition) is 1. The molecule has 2 aromatic rings. The minimum absolute atomic E-state index is 0.00940. The summed E-state index contributed by atoms with van der Waals surface area (Å²) in [4.78, 5) is 26.9.